The van der Waals surface area contributed by atoms with E-state index in [-0.39, 0.29) is 11.8 Å². The number of piperidine rings is 1. The van der Waals surface area contributed by atoms with Crippen molar-refractivity contribution < 1.29 is 9.32 Å². The van der Waals surface area contributed by atoms with E-state index in [4.69, 9.17) is 4.52 Å². The number of amides is 1. The highest BCUT2D eigenvalue weighted by Gasteiger charge is 2.27. The van der Waals surface area contributed by atoms with Crippen molar-refractivity contribution in [3.8, 4) is 11.4 Å². The Morgan fingerprint density at radius 3 is 2.47 bits per heavy atom. The maximum atomic E-state index is 12.9. The molecule has 1 amide bonds. The van der Waals surface area contributed by atoms with Gasteiger partial charge >= 0.3 is 11.8 Å². The molecule has 2 aliphatic heterocycles. The van der Waals surface area contributed by atoms with Crippen molar-refractivity contribution in [1.82, 2.24) is 20.0 Å². The second-order valence-electron chi connectivity index (χ2n) is 8.61. The van der Waals surface area contributed by atoms with Crippen LogP contribution in [-0.4, -0.2) is 65.2 Å². The van der Waals surface area contributed by atoms with Gasteiger partial charge in [0.1, 0.15) is 5.82 Å². The number of nitrogens with zero attached hydrogens (tertiary/aromatic N) is 6. The predicted octanol–water partition coefficient (Wildman–Crippen LogP) is 3.33. The standard InChI is InChI=1S/C24H28N6O2/c1-18-8-11-29(12-9-18)21-17-19(7-10-25-21)22-26-23(32-27-22)24(31)30-15-13-28(14-16-30)20-5-3-2-4-6-20/h2-7,10,17-18H,8-9,11-16H2,1H3. The number of benzene rings is 1. The van der Waals surface area contributed by atoms with Gasteiger partial charge in [-0.1, -0.05) is 30.3 Å². The molecule has 0 spiro atoms. The molecule has 32 heavy (non-hydrogen) atoms. The van der Waals surface area contributed by atoms with E-state index in [2.05, 4.69) is 44.0 Å². The van der Waals surface area contributed by atoms with Gasteiger partial charge in [0.05, 0.1) is 0 Å². The number of piperazine rings is 1. The number of rotatable bonds is 4. The molecule has 2 aromatic heterocycles. The number of anilines is 2. The number of aromatic nitrogens is 3. The van der Waals surface area contributed by atoms with Crippen LogP contribution in [0.4, 0.5) is 11.5 Å². The third kappa shape index (κ3) is 4.30. The molecule has 166 valence electrons. The lowest BCUT2D eigenvalue weighted by Gasteiger charge is -2.35. The van der Waals surface area contributed by atoms with Gasteiger partial charge in [0, 0.05) is 56.7 Å². The third-order valence-electron chi connectivity index (χ3n) is 6.41. The van der Waals surface area contributed by atoms with E-state index in [1.165, 1.54) is 18.5 Å². The molecule has 2 saturated heterocycles. The normalized spacial score (nSPS) is 17.6. The number of hydrogen-bond acceptors (Lipinski definition) is 7. The lowest BCUT2D eigenvalue weighted by molar-refractivity contribution is 0.0696. The lowest BCUT2D eigenvalue weighted by Crippen LogP contribution is -2.48. The van der Waals surface area contributed by atoms with Crippen molar-refractivity contribution in [1.29, 1.82) is 0 Å². The zero-order chi connectivity index (χ0) is 21.9. The minimum absolute atomic E-state index is 0.0401. The molecule has 5 rings (SSSR count). The van der Waals surface area contributed by atoms with Gasteiger partial charge in [-0.25, -0.2) is 4.98 Å². The highest BCUT2D eigenvalue weighted by Crippen LogP contribution is 2.25. The van der Waals surface area contributed by atoms with Gasteiger partial charge in [0.2, 0.25) is 5.82 Å². The highest BCUT2D eigenvalue weighted by atomic mass is 16.5. The zero-order valence-electron chi connectivity index (χ0n) is 18.4. The van der Waals surface area contributed by atoms with Crippen LogP contribution >= 0.6 is 0 Å². The van der Waals surface area contributed by atoms with Gasteiger partial charge in [0.25, 0.3) is 0 Å². The lowest BCUT2D eigenvalue weighted by atomic mass is 9.99. The summed E-state index contributed by atoms with van der Waals surface area (Å²) in [6.45, 7) is 7.10. The molecule has 0 aliphatic carbocycles. The molecule has 4 heterocycles. The summed E-state index contributed by atoms with van der Waals surface area (Å²) in [5.74, 6) is 1.93. The topological polar surface area (TPSA) is 78.6 Å². The molecule has 0 atom stereocenters. The number of hydrogen-bond donors (Lipinski definition) is 0. The molecule has 8 heteroatoms. The molecule has 2 aliphatic rings. The van der Waals surface area contributed by atoms with Gasteiger partial charge < -0.3 is 19.2 Å². The predicted molar refractivity (Wildman–Crippen MR) is 123 cm³/mol. The van der Waals surface area contributed by atoms with E-state index in [0.29, 0.717) is 18.9 Å². The van der Waals surface area contributed by atoms with Crippen molar-refractivity contribution in [3.63, 3.8) is 0 Å². The minimum atomic E-state index is -0.212. The summed E-state index contributed by atoms with van der Waals surface area (Å²) in [6.07, 6.45) is 4.11. The van der Waals surface area contributed by atoms with Crippen LogP contribution in [0.5, 0.6) is 0 Å². The van der Waals surface area contributed by atoms with Gasteiger partial charge in [0.15, 0.2) is 0 Å². The average molecular weight is 433 g/mol. The number of carbonyl (C=O) groups is 1. The third-order valence-corrected chi connectivity index (χ3v) is 6.41. The highest BCUT2D eigenvalue weighted by molar-refractivity contribution is 5.90. The van der Waals surface area contributed by atoms with Crippen LogP contribution in [-0.2, 0) is 0 Å². The maximum Gasteiger partial charge on any atom is 0.316 e. The van der Waals surface area contributed by atoms with Crippen molar-refractivity contribution in [3.05, 3.63) is 54.6 Å². The molecule has 0 saturated carbocycles. The van der Waals surface area contributed by atoms with Crippen molar-refractivity contribution in [2.45, 2.75) is 19.8 Å². The second kappa shape index (κ2) is 8.98. The van der Waals surface area contributed by atoms with Crippen molar-refractivity contribution in [2.24, 2.45) is 5.92 Å². The number of carbonyl (C=O) groups excluding carboxylic acids is 1. The molecule has 8 nitrogen and oxygen atoms in total. The summed E-state index contributed by atoms with van der Waals surface area (Å²) in [7, 11) is 0. The molecular formula is C24H28N6O2. The summed E-state index contributed by atoms with van der Waals surface area (Å²) in [5.41, 5.74) is 1.99. The Morgan fingerprint density at radius 1 is 0.969 bits per heavy atom. The van der Waals surface area contributed by atoms with E-state index in [9.17, 15) is 4.79 Å². The second-order valence-corrected chi connectivity index (χ2v) is 8.61. The van der Waals surface area contributed by atoms with Crippen LogP contribution in [0, 0.1) is 5.92 Å². The smallest absolute Gasteiger partial charge is 0.316 e. The summed E-state index contributed by atoms with van der Waals surface area (Å²) >= 11 is 0. The van der Waals surface area contributed by atoms with Gasteiger partial charge in [-0.3, -0.25) is 4.79 Å². The average Bonchev–Trinajstić information content (AvgIpc) is 3.35. The monoisotopic (exact) mass is 432 g/mol. The SMILES string of the molecule is CC1CCN(c2cc(-c3noc(C(=O)N4CCN(c5ccccc5)CC4)n3)ccn2)CC1. The molecular weight excluding hydrogens is 404 g/mol. The van der Waals surface area contributed by atoms with Crippen molar-refractivity contribution in [2.75, 3.05) is 49.1 Å². The van der Waals surface area contributed by atoms with Crippen LogP contribution < -0.4 is 9.80 Å². The molecule has 1 aromatic carbocycles. The largest absolute Gasteiger partial charge is 0.368 e. The summed E-state index contributed by atoms with van der Waals surface area (Å²) in [6, 6.07) is 14.1. The van der Waals surface area contributed by atoms with Crippen LogP contribution in [0.25, 0.3) is 11.4 Å². The number of para-hydroxylation sites is 1. The van der Waals surface area contributed by atoms with Gasteiger partial charge in [-0.05, 0) is 43.0 Å². The van der Waals surface area contributed by atoms with E-state index in [1.807, 2.05) is 30.3 Å². The first-order valence-corrected chi connectivity index (χ1v) is 11.3. The Hall–Kier alpha value is -3.42. The Morgan fingerprint density at radius 2 is 1.72 bits per heavy atom. The van der Waals surface area contributed by atoms with Crippen LogP contribution in [0.15, 0.2) is 53.2 Å². The van der Waals surface area contributed by atoms with E-state index < -0.39 is 0 Å². The quantitative estimate of drug-likeness (QED) is 0.626. The molecule has 0 N–H and O–H groups in total. The minimum Gasteiger partial charge on any atom is -0.368 e. The fourth-order valence-corrected chi connectivity index (χ4v) is 4.34. The van der Waals surface area contributed by atoms with Gasteiger partial charge in [-0.2, -0.15) is 4.98 Å². The summed E-state index contributed by atoms with van der Waals surface area (Å²) in [4.78, 5) is 28.2. The Kier molecular flexibility index (Phi) is 5.75. The van der Waals surface area contributed by atoms with Gasteiger partial charge in [-0.15, -0.1) is 0 Å². The fraction of sp³-hybridized carbons (Fsp3) is 0.417. The molecule has 2 fully saturated rings. The van der Waals surface area contributed by atoms with Crippen LogP contribution in [0.1, 0.15) is 30.5 Å². The van der Waals surface area contributed by atoms with E-state index in [0.717, 1.165) is 43.5 Å². The summed E-state index contributed by atoms with van der Waals surface area (Å²) < 4.78 is 5.35. The first-order chi connectivity index (χ1) is 15.7. The first-order valence-electron chi connectivity index (χ1n) is 11.3. The van der Waals surface area contributed by atoms with E-state index >= 15 is 0 Å². The fourth-order valence-electron chi connectivity index (χ4n) is 4.34. The first kappa shape index (κ1) is 20.5. The maximum absolute atomic E-state index is 12.9. The zero-order valence-corrected chi connectivity index (χ0v) is 18.4. The van der Waals surface area contributed by atoms with Crippen LogP contribution in [0.3, 0.4) is 0 Å². The molecule has 0 bridgehead atoms. The van der Waals surface area contributed by atoms with Crippen molar-refractivity contribution >= 4 is 17.4 Å². The van der Waals surface area contributed by atoms with Crippen LogP contribution in [0.2, 0.25) is 0 Å². The van der Waals surface area contributed by atoms with E-state index in [1.54, 1.807) is 11.1 Å². The molecule has 0 unspecified atom stereocenters. The Labute approximate surface area is 187 Å². The Bertz CT molecular complexity index is 1050. The molecule has 0 radical (unpaired) electrons. The Balaban J connectivity index is 1.24. The number of pyridine rings is 1. The summed E-state index contributed by atoms with van der Waals surface area (Å²) in [5, 5.41) is 4.07. The molecule has 3 aromatic rings.